The van der Waals surface area contributed by atoms with Gasteiger partial charge in [0.1, 0.15) is 22.9 Å². The highest BCUT2D eigenvalue weighted by Gasteiger charge is 2.36. The smallest absolute Gasteiger partial charge is 0.335 e. The van der Waals surface area contributed by atoms with Crippen LogP contribution in [0.2, 0.25) is 0 Å². The van der Waals surface area contributed by atoms with Gasteiger partial charge in [0.2, 0.25) is 0 Å². The number of benzene rings is 3. The van der Waals surface area contributed by atoms with Crippen molar-refractivity contribution in [3.05, 3.63) is 129 Å². The molecule has 5 aromatic rings. The van der Waals surface area contributed by atoms with Crippen LogP contribution < -0.4 is 11.0 Å². The molecule has 2 atom stereocenters. The van der Waals surface area contributed by atoms with Crippen molar-refractivity contribution in [2.45, 2.75) is 25.7 Å². The van der Waals surface area contributed by atoms with Crippen LogP contribution in [0, 0.1) is 19.3 Å². The zero-order valence-corrected chi connectivity index (χ0v) is 31.1. The summed E-state index contributed by atoms with van der Waals surface area (Å²) in [6, 6.07) is 13.2. The van der Waals surface area contributed by atoms with Gasteiger partial charge in [-0.3, -0.25) is 10.4 Å². The number of carboxylic acids is 4. The number of aliphatic carboxylic acids is 1. The molecule has 0 saturated heterocycles. The van der Waals surface area contributed by atoms with E-state index in [1.165, 1.54) is 55.6 Å². The van der Waals surface area contributed by atoms with Crippen molar-refractivity contribution in [1.82, 2.24) is 29.1 Å². The van der Waals surface area contributed by atoms with Crippen LogP contribution in [0.1, 0.15) is 65.9 Å². The molecule has 3 heterocycles. The SMILES string of the molecule is C/N=c1\nc2n(C)c(nc(=N)c3cc(C(=O)O)ccc3c(C)nc3c4cc(C(=O)O)ccc4c(nc(C)c4cc(C(=O)O)ccc14)n3C)C1C=CC(C(=O)O)=CC21. The van der Waals surface area contributed by atoms with Crippen LogP contribution in [0.3, 0.4) is 0 Å². The van der Waals surface area contributed by atoms with E-state index < -0.39 is 35.7 Å². The van der Waals surface area contributed by atoms with E-state index in [4.69, 9.17) is 19.9 Å². The van der Waals surface area contributed by atoms with Gasteiger partial charge in [0, 0.05) is 76.7 Å². The molecular formula is C41H34N8O8. The first-order valence-corrected chi connectivity index (χ1v) is 17.4. The second kappa shape index (κ2) is 14.2. The number of nitrogens with one attached hydrogen (secondary N) is 1. The zero-order valence-electron chi connectivity index (χ0n) is 31.1. The molecule has 0 spiro atoms. The number of nitrogens with zero attached hydrogens (tertiary/aromatic N) is 7. The van der Waals surface area contributed by atoms with E-state index in [1.807, 2.05) is 0 Å². The lowest BCUT2D eigenvalue weighted by atomic mass is 9.86. The Bertz CT molecular complexity index is 3090. The minimum absolute atomic E-state index is 0.00383. The lowest BCUT2D eigenvalue weighted by molar-refractivity contribution is -0.132. The normalized spacial score (nSPS) is 15.5. The Labute approximate surface area is 321 Å². The standard InChI is InChI=1S/C41H34N8O8/c1-18-24-10-6-21(39(52)53)15-29(24)32(42)46-35-27-13-9-23(41(56)57)17-31(27)37(49(35)5)47-33(43-3)25-11-7-20(38(50)51)14-28(25)19(2)45-34-26-12-8-22(40(54)55)16-30(26)36(44-18)48(34)4/h6-17,27,31,42H,1-5H3,(H,50,51)(H,52,53)(H,54,55)(H,56,57)/b42-32?,43-33-,44-18?,45-19?,46-35?,47-37?. The van der Waals surface area contributed by atoms with Crippen molar-refractivity contribution in [1.29, 1.82) is 5.41 Å². The van der Waals surface area contributed by atoms with Crippen LogP contribution in [0.25, 0.3) is 43.6 Å². The average molecular weight is 767 g/mol. The predicted molar refractivity (Wildman–Crippen MR) is 208 cm³/mol. The van der Waals surface area contributed by atoms with Gasteiger partial charge >= 0.3 is 23.9 Å². The van der Waals surface area contributed by atoms with Crippen LogP contribution in [0.5, 0.6) is 0 Å². The van der Waals surface area contributed by atoms with Crippen molar-refractivity contribution in [2.24, 2.45) is 19.1 Å². The molecule has 16 nitrogen and oxygen atoms in total. The number of aryl methyl sites for hydroxylation is 3. The molecule has 3 aromatic carbocycles. The van der Waals surface area contributed by atoms with Gasteiger partial charge in [0.15, 0.2) is 11.0 Å². The van der Waals surface area contributed by atoms with Crippen molar-refractivity contribution in [2.75, 3.05) is 7.05 Å². The highest BCUT2D eigenvalue weighted by molar-refractivity contribution is 6.08. The van der Waals surface area contributed by atoms with Crippen molar-refractivity contribution < 1.29 is 39.6 Å². The molecule has 0 fully saturated rings. The Morgan fingerprint density at radius 2 is 1.12 bits per heavy atom. The zero-order chi connectivity index (χ0) is 41.0. The summed E-state index contributed by atoms with van der Waals surface area (Å²) < 4.78 is 3.30. The van der Waals surface area contributed by atoms with Gasteiger partial charge in [-0.05, 0) is 62.4 Å². The molecule has 57 heavy (non-hydrogen) atoms. The van der Waals surface area contributed by atoms with E-state index in [9.17, 15) is 45.0 Å². The molecule has 0 radical (unpaired) electrons. The van der Waals surface area contributed by atoms with Crippen LogP contribution in [-0.2, 0) is 18.9 Å². The van der Waals surface area contributed by atoms with Crippen molar-refractivity contribution in [3.63, 3.8) is 0 Å². The summed E-state index contributed by atoms with van der Waals surface area (Å²) >= 11 is 0. The van der Waals surface area contributed by atoms with Crippen molar-refractivity contribution >= 4 is 67.5 Å². The predicted octanol–water partition coefficient (Wildman–Crippen LogP) is 4.85. The molecule has 1 aliphatic carbocycles. The van der Waals surface area contributed by atoms with E-state index in [0.29, 0.717) is 61.3 Å². The third kappa shape index (κ3) is 6.52. The number of hydrogen-bond donors (Lipinski definition) is 5. The minimum Gasteiger partial charge on any atom is -0.478 e. The Kier molecular flexibility index (Phi) is 9.40. The summed E-state index contributed by atoms with van der Waals surface area (Å²) in [6.07, 6.45) is 4.67. The fourth-order valence-corrected chi connectivity index (χ4v) is 7.27. The average Bonchev–Trinajstić information content (AvgIpc) is 3.59. The number of rotatable bonds is 4. The molecule has 2 unspecified atom stereocenters. The Morgan fingerprint density at radius 3 is 1.70 bits per heavy atom. The summed E-state index contributed by atoms with van der Waals surface area (Å²) in [5, 5.41) is 51.3. The highest BCUT2D eigenvalue weighted by atomic mass is 16.4. The first kappa shape index (κ1) is 37.7. The molecule has 0 amide bonds. The van der Waals surface area contributed by atoms with E-state index in [-0.39, 0.29) is 38.6 Å². The number of allylic oxidation sites excluding steroid dienone is 2. The molecule has 7 rings (SSSR count). The second-order valence-electron chi connectivity index (χ2n) is 13.5. The molecule has 2 aliphatic rings. The number of aromatic carboxylic acids is 3. The quantitative estimate of drug-likeness (QED) is 0.165. The van der Waals surface area contributed by atoms with Crippen LogP contribution in [-0.4, -0.2) is 80.4 Å². The summed E-state index contributed by atoms with van der Waals surface area (Å²) in [6.45, 7) is 3.37. The summed E-state index contributed by atoms with van der Waals surface area (Å²) in [4.78, 5) is 72.8. The van der Waals surface area contributed by atoms with Gasteiger partial charge in [-0.2, -0.15) is 0 Å². The maximum atomic E-state index is 12.2. The Hall–Kier alpha value is -7.62. The van der Waals surface area contributed by atoms with Crippen LogP contribution >= 0.6 is 0 Å². The highest BCUT2D eigenvalue weighted by Crippen LogP contribution is 2.41. The van der Waals surface area contributed by atoms with Gasteiger partial charge < -0.3 is 29.6 Å². The van der Waals surface area contributed by atoms with E-state index in [2.05, 4.69) is 4.99 Å². The van der Waals surface area contributed by atoms with Gasteiger partial charge in [-0.1, -0.05) is 24.3 Å². The molecule has 286 valence electrons. The summed E-state index contributed by atoms with van der Waals surface area (Å²) in [5.41, 5.74) is 1.11. The van der Waals surface area contributed by atoms with Crippen LogP contribution in [0.4, 0.5) is 0 Å². The van der Waals surface area contributed by atoms with Gasteiger partial charge in [0.25, 0.3) is 0 Å². The lowest BCUT2D eigenvalue weighted by Crippen LogP contribution is -2.15. The maximum absolute atomic E-state index is 12.2. The monoisotopic (exact) mass is 766 g/mol. The molecule has 16 heteroatoms. The fraction of sp³-hybridized carbons (Fsp3) is 0.171. The molecule has 2 aromatic heterocycles. The Balaban J connectivity index is 1.79. The molecule has 4 bridgehead atoms. The molecule has 5 N–H and O–H groups in total. The van der Waals surface area contributed by atoms with E-state index in [0.717, 1.165) is 0 Å². The van der Waals surface area contributed by atoms with Gasteiger partial charge in [0.05, 0.1) is 22.3 Å². The third-order valence-corrected chi connectivity index (χ3v) is 10.2. The molecule has 1 aliphatic heterocycles. The summed E-state index contributed by atoms with van der Waals surface area (Å²) in [5.74, 6) is -5.33. The first-order valence-electron chi connectivity index (χ1n) is 17.4. The minimum atomic E-state index is -1.23. The Morgan fingerprint density at radius 1 is 0.614 bits per heavy atom. The molecule has 0 saturated carbocycles. The van der Waals surface area contributed by atoms with Crippen molar-refractivity contribution in [3.8, 4) is 0 Å². The lowest BCUT2D eigenvalue weighted by Gasteiger charge is -2.16. The maximum Gasteiger partial charge on any atom is 0.335 e. The van der Waals surface area contributed by atoms with Gasteiger partial charge in [-0.25, -0.2) is 39.1 Å². The van der Waals surface area contributed by atoms with Gasteiger partial charge in [-0.15, -0.1) is 0 Å². The second-order valence-corrected chi connectivity index (χ2v) is 13.5. The fourth-order valence-electron chi connectivity index (χ4n) is 7.27. The number of carbonyl (C=O) groups is 4. The van der Waals surface area contributed by atoms with Crippen LogP contribution in [0.15, 0.2) is 83.4 Å². The van der Waals surface area contributed by atoms with E-state index in [1.54, 1.807) is 61.4 Å². The third-order valence-electron chi connectivity index (χ3n) is 10.2. The topological polar surface area (TPSA) is 247 Å². The molecular weight excluding hydrogens is 732 g/mol. The largest absolute Gasteiger partial charge is 0.478 e. The number of fused-ring (bicyclic) bond motifs is 12. The first-order chi connectivity index (χ1) is 27.1. The summed E-state index contributed by atoms with van der Waals surface area (Å²) in [7, 11) is 4.88. The number of carboxylic acid groups (broad SMARTS) is 4. The number of hydrogen-bond acceptors (Lipinski definition) is 10. The van der Waals surface area contributed by atoms with E-state index >= 15 is 0 Å². The number of aromatic nitrogens is 6.